The van der Waals surface area contributed by atoms with E-state index in [9.17, 15) is 14.4 Å². The van der Waals surface area contributed by atoms with Crippen molar-refractivity contribution in [3.05, 3.63) is 52.4 Å². The van der Waals surface area contributed by atoms with E-state index in [4.69, 9.17) is 9.47 Å². The Morgan fingerprint density at radius 1 is 1.17 bits per heavy atom. The lowest BCUT2D eigenvalue weighted by Gasteiger charge is -2.08. The third kappa shape index (κ3) is 4.42. The van der Waals surface area contributed by atoms with Gasteiger partial charge in [-0.25, -0.2) is 4.68 Å². The standard InChI is InChI=1S/C16H17N3O5/c1-3-24-15(21)10-19-14(20)9-8-13(18-19)16(22)17-11-4-6-12(23-2)7-5-11/h4-9H,3,10H2,1-2H3,(H,17,22). The Balaban J connectivity index is 2.13. The molecule has 24 heavy (non-hydrogen) atoms. The first-order chi connectivity index (χ1) is 11.5. The van der Waals surface area contributed by atoms with E-state index in [0.717, 1.165) is 4.68 Å². The third-order valence-electron chi connectivity index (χ3n) is 3.03. The molecule has 1 N–H and O–H groups in total. The highest BCUT2D eigenvalue weighted by molar-refractivity contribution is 6.02. The summed E-state index contributed by atoms with van der Waals surface area (Å²) in [5.41, 5.74) is 0.0597. The van der Waals surface area contributed by atoms with Gasteiger partial charge in [0.1, 0.15) is 18.0 Å². The molecule has 8 heteroatoms. The molecule has 2 aromatic rings. The van der Waals surface area contributed by atoms with Gasteiger partial charge in [-0.1, -0.05) is 0 Å². The van der Waals surface area contributed by atoms with E-state index in [1.165, 1.54) is 12.1 Å². The molecule has 0 saturated heterocycles. The van der Waals surface area contributed by atoms with Crippen molar-refractivity contribution in [2.24, 2.45) is 0 Å². The molecule has 1 heterocycles. The number of ether oxygens (including phenoxy) is 2. The van der Waals surface area contributed by atoms with Crippen molar-refractivity contribution >= 4 is 17.6 Å². The second kappa shape index (κ2) is 7.91. The van der Waals surface area contributed by atoms with Gasteiger partial charge in [-0.2, -0.15) is 5.10 Å². The van der Waals surface area contributed by atoms with Gasteiger partial charge in [-0.05, 0) is 37.3 Å². The summed E-state index contributed by atoms with van der Waals surface area (Å²) in [5, 5.41) is 6.54. The zero-order valence-corrected chi connectivity index (χ0v) is 13.3. The predicted octanol–water partition coefficient (Wildman–Crippen LogP) is 1.07. The number of carbonyl (C=O) groups excluding carboxylic acids is 2. The largest absolute Gasteiger partial charge is 0.497 e. The number of hydrogen-bond donors (Lipinski definition) is 1. The van der Waals surface area contributed by atoms with Crippen LogP contribution in [0.5, 0.6) is 5.75 Å². The van der Waals surface area contributed by atoms with Crippen LogP contribution in [0.15, 0.2) is 41.2 Å². The number of rotatable bonds is 6. The number of amides is 1. The first-order valence-corrected chi connectivity index (χ1v) is 7.22. The van der Waals surface area contributed by atoms with Gasteiger partial charge in [0, 0.05) is 11.8 Å². The second-order valence-electron chi connectivity index (χ2n) is 4.70. The average molecular weight is 331 g/mol. The molecule has 0 fully saturated rings. The van der Waals surface area contributed by atoms with Crippen LogP contribution >= 0.6 is 0 Å². The number of aromatic nitrogens is 2. The summed E-state index contributed by atoms with van der Waals surface area (Å²) < 4.78 is 10.7. The van der Waals surface area contributed by atoms with Crippen molar-refractivity contribution in [3.63, 3.8) is 0 Å². The van der Waals surface area contributed by atoms with Gasteiger partial charge in [0.25, 0.3) is 11.5 Å². The molecule has 1 aromatic heterocycles. The smallest absolute Gasteiger partial charge is 0.327 e. The molecule has 1 amide bonds. The molecule has 0 saturated carbocycles. The van der Waals surface area contributed by atoms with Crippen molar-refractivity contribution in [2.45, 2.75) is 13.5 Å². The molecular formula is C16H17N3O5. The highest BCUT2D eigenvalue weighted by Gasteiger charge is 2.12. The lowest BCUT2D eigenvalue weighted by Crippen LogP contribution is -2.29. The van der Waals surface area contributed by atoms with Crippen molar-refractivity contribution < 1.29 is 19.1 Å². The molecule has 0 aliphatic carbocycles. The molecule has 1 aromatic carbocycles. The SMILES string of the molecule is CCOC(=O)Cn1nc(C(=O)Nc2ccc(OC)cc2)ccc1=O. The minimum atomic E-state index is -0.597. The topological polar surface area (TPSA) is 99.5 Å². The van der Waals surface area contributed by atoms with Crippen molar-refractivity contribution in [2.75, 3.05) is 19.0 Å². The predicted molar refractivity (Wildman–Crippen MR) is 86.1 cm³/mol. The summed E-state index contributed by atoms with van der Waals surface area (Å²) in [6.07, 6.45) is 0. The molecular weight excluding hydrogens is 314 g/mol. The van der Waals surface area contributed by atoms with Gasteiger partial charge < -0.3 is 14.8 Å². The zero-order chi connectivity index (χ0) is 17.5. The monoisotopic (exact) mass is 331 g/mol. The summed E-state index contributed by atoms with van der Waals surface area (Å²) in [6, 6.07) is 9.21. The highest BCUT2D eigenvalue weighted by Crippen LogP contribution is 2.15. The molecule has 0 aliphatic heterocycles. The van der Waals surface area contributed by atoms with Crippen LogP contribution in [0.3, 0.4) is 0 Å². The maximum atomic E-state index is 12.2. The number of esters is 1. The van der Waals surface area contributed by atoms with Crippen molar-refractivity contribution in [1.82, 2.24) is 9.78 Å². The molecule has 0 radical (unpaired) electrons. The van der Waals surface area contributed by atoms with E-state index < -0.39 is 17.4 Å². The molecule has 0 spiro atoms. The number of anilines is 1. The molecule has 0 atom stereocenters. The zero-order valence-electron chi connectivity index (χ0n) is 13.3. The van der Waals surface area contributed by atoms with Crippen molar-refractivity contribution in [3.8, 4) is 5.75 Å². The van der Waals surface area contributed by atoms with Gasteiger partial charge in [-0.3, -0.25) is 14.4 Å². The van der Waals surface area contributed by atoms with Gasteiger partial charge >= 0.3 is 5.97 Å². The normalized spacial score (nSPS) is 10.1. The summed E-state index contributed by atoms with van der Waals surface area (Å²) in [4.78, 5) is 35.4. The fourth-order valence-electron chi connectivity index (χ4n) is 1.88. The maximum absolute atomic E-state index is 12.2. The molecule has 8 nitrogen and oxygen atoms in total. The Labute approximate surface area is 138 Å². The van der Waals surface area contributed by atoms with Crippen molar-refractivity contribution in [1.29, 1.82) is 0 Å². The number of benzene rings is 1. The Bertz CT molecular complexity index is 783. The maximum Gasteiger partial charge on any atom is 0.327 e. The number of nitrogens with zero attached hydrogens (tertiary/aromatic N) is 2. The first-order valence-electron chi connectivity index (χ1n) is 7.22. The summed E-state index contributed by atoms with van der Waals surface area (Å²) >= 11 is 0. The number of carbonyl (C=O) groups is 2. The Morgan fingerprint density at radius 2 is 1.88 bits per heavy atom. The summed E-state index contributed by atoms with van der Waals surface area (Å²) in [7, 11) is 1.55. The first kappa shape index (κ1) is 17.2. The Kier molecular flexibility index (Phi) is 5.67. The van der Waals surface area contributed by atoms with E-state index in [1.54, 1.807) is 38.3 Å². The minimum Gasteiger partial charge on any atom is -0.497 e. The average Bonchev–Trinajstić information content (AvgIpc) is 2.57. The highest BCUT2D eigenvalue weighted by atomic mass is 16.5. The van der Waals surface area contributed by atoms with Crippen LogP contribution in [0, 0.1) is 0 Å². The van der Waals surface area contributed by atoms with Crippen LogP contribution in [-0.4, -0.2) is 35.4 Å². The summed E-state index contributed by atoms with van der Waals surface area (Å²) in [5.74, 6) is -0.438. The number of methoxy groups -OCH3 is 1. The van der Waals surface area contributed by atoms with Gasteiger partial charge in [0.2, 0.25) is 0 Å². The van der Waals surface area contributed by atoms with Gasteiger partial charge in [-0.15, -0.1) is 0 Å². The van der Waals surface area contributed by atoms with Gasteiger partial charge in [0.05, 0.1) is 13.7 Å². The quantitative estimate of drug-likeness (QED) is 0.795. The van der Waals surface area contributed by atoms with Crippen LogP contribution in [0.2, 0.25) is 0 Å². The van der Waals surface area contributed by atoms with E-state index in [0.29, 0.717) is 11.4 Å². The Hall–Kier alpha value is -3.16. The minimum absolute atomic E-state index is 0.00900. The van der Waals surface area contributed by atoms with Crippen LogP contribution in [-0.2, 0) is 16.1 Å². The lowest BCUT2D eigenvalue weighted by atomic mass is 10.3. The van der Waals surface area contributed by atoms with Gasteiger partial charge in [0.15, 0.2) is 0 Å². The molecule has 0 bridgehead atoms. The van der Waals surface area contributed by atoms with Crippen LogP contribution in [0.1, 0.15) is 17.4 Å². The van der Waals surface area contributed by atoms with Crippen LogP contribution < -0.4 is 15.6 Å². The van der Waals surface area contributed by atoms with E-state index in [2.05, 4.69) is 10.4 Å². The summed E-state index contributed by atoms with van der Waals surface area (Å²) in [6.45, 7) is 1.51. The molecule has 0 aliphatic rings. The van der Waals surface area contributed by atoms with E-state index in [1.807, 2.05) is 0 Å². The number of nitrogens with one attached hydrogen (secondary N) is 1. The third-order valence-corrected chi connectivity index (χ3v) is 3.03. The fourth-order valence-corrected chi connectivity index (χ4v) is 1.88. The lowest BCUT2D eigenvalue weighted by molar-refractivity contribution is -0.144. The number of hydrogen-bond acceptors (Lipinski definition) is 6. The second-order valence-corrected chi connectivity index (χ2v) is 4.70. The van der Waals surface area contributed by atoms with E-state index in [-0.39, 0.29) is 18.8 Å². The van der Waals surface area contributed by atoms with Crippen LogP contribution in [0.25, 0.3) is 0 Å². The fraction of sp³-hybridized carbons (Fsp3) is 0.250. The van der Waals surface area contributed by atoms with Crippen LogP contribution in [0.4, 0.5) is 5.69 Å². The molecule has 0 unspecified atom stereocenters. The molecule has 2 rings (SSSR count). The molecule has 126 valence electrons. The van der Waals surface area contributed by atoms with E-state index >= 15 is 0 Å². The Morgan fingerprint density at radius 3 is 2.50 bits per heavy atom.